The number of hydrogen-bond donors (Lipinski definition) is 0. The van der Waals surface area contributed by atoms with Crippen molar-refractivity contribution in [2.24, 2.45) is 0 Å². The highest BCUT2D eigenvalue weighted by molar-refractivity contribution is 6.32. The summed E-state index contributed by atoms with van der Waals surface area (Å²) in [6, 6.07) is 47.6. The lowest BCUT2D eigenvalue weighted by molar-refractivity contribution is 1.27. The SMILES string of the molecule is C1=CCC=c2c(-c3ccc4c5c3CC=CC=C5c3cc5ccccc5cc3-4)c3c4ccccc4c4ccccc4c3c(-c3ccccc3)c2=C1. The van der Waals surface area contributed by atoms with Crippen LogP contribution in [-0.4, -0.2) is 0 Å². The molecule has 8 aromatic rings. The van der Waals surface area contributed by atoms with Crippen LogP contribution in [0.2, 0.25) is 0 Å². The lowest BCUT2D eigenvalue weighted by atomic mass is 9.80. The predicted octanol–water partition coefficient (Wildman–Crippen LogP) is 11.7. The summed E-state index contributed by atoms with van der Waals surface area (Å²) in [5.41, 5.74) is 13.5. The predicted molar refractivity (Wildman–Crippen MR) is 215 cm³/mol. The van der Waals surface area contributed by atoms with E-state index in [1.165, 1.54) is 109 Å². The van der Waals surface area contributed by atoms with Crippen molar-refractivity contribution in [1.82, 2.24) is 0 Å². The van der Waals surface area contributed by atoms with Crippen LogP contribution in [0.1, 0.15) is 23.1 Å². The molecule has 0 heterocycles. The average molecular weight is 633 g/mol. The molecule has 0 aromatic heterocycles. The zero-order valence-electron chi connectivity index (χ0n) is 27.6. The van der Waals surface area contributed by atoms with E-state index in [-0.39, 0.29) is 0 Å². The minimum Gasteiger partial charge on any atom is -0.0807 e. The zero-order chi connectivity index (χ0) is 32.8. The van der Waals surface area contributed by atoms with Crippen molar-refractivity contribution in [3.8, 4) is 33.4 Å². The van der Waals surface area contributed by atoms with Crippen LogP contribution >= 0.6 is 0 Å². The van der Waals surface area contributed by atoms with Gasteiger partial charge in [0.25, 0.3) is 0 Å². The molecule has 0 radical (unpaired) electrons. The summed E-state index contributed by atoms with van der Waals surface area (Å²) in [5.74, 6) is 0. The fourth-order valence-corrected chi connectivity index (χ4v) is 9.17. The van der Waals surface area contributed by atoms with Crippen LogP contribution in [0.3, 0.4) is 0 Å². The quantitative estimate of drug-likeness (QED) is 0.166. The van der Waals surface area contributed by atoms with Gasteiger partial charge in [-0.25, -0.2) is 0 Å². The molecule has 0 nitrogen and oxygen atoms in total. The van der Waals surface area contributed by atoms with Crippen LogP contribution in [0.25, 0.3) is 94.2 Å². The molecule has 0 atom stereocenters. The molecule has 0 heteroatoms. The Kier molecular flexibility index (Phi) is 5.89. The van der Waals surface area contributed by atoms with Crippen LogP contribution in [0.5, 0.6) is 0 Å². The van der Waals surface area contributed by atoms with Crippen molar-refractivity contribution in [1.29, 1.82) is 0 Å². The van der Waals surface area contributed by atoms with Gasteiger partial charge < -0.3 is 0 Å². The Morgan fingerprint density at radius 3 is 1.80 bits per heavy atom. The van der Waals surface area contributed by atoms with Crippen molar-refractivity contribution in [3.63, 3.8) is 0 Å². The molecule has 8 aromatic carbocycles. The maximum atomic E-state index is 2.48. The molecule has 0 N–H and O–H groups in total. The molecule has 0 aliphatic heterocycles. The molecular formula is C50H32. The summed E-state index contributed by atoms with van der Waals surface area (Å²) in [5, 5.41) is 13.1. The normalized spacial score (nSPS) is 14.1. The molecule has 50 heavy (non-hydrogen) atoms. The fourth-order valence-electron chi connectivity index (χ4n) is 9.17. The molecule has 0 saturated heterocycles. The summed E-state index contributed by atoms with van der Waals surface area (Å²) >= 11 is 0. The summed E-state index contributed by atoms with van der Waals surface area (Å²) in [4.78, 5) is 0. The summed E-state index contributed by atoms with van der Waals surface area (Å²) in [6.07, 6.45) is 18.2. The Morgan fingerprint density at radius 1 is 0.420 bits per heavy atom. The fraction of sp³-hybridized carbons (Fsp3) is 0.0400. The Morgan fingerprint density at radius 2 is 1.04 bits per heavy atom. The second-order valence-corrected chi connectivity index (χ2v) is 13.8. The number of fused-ring (bicyclic) bond motifs is 11. The molecule has 3 aliphatic carbocycles. The Balaban J connectivity index is 1.36. The highest BCUT2D eigenvalue weighted by Crippen LogP contribution is 2.51. The van der Waals surface area contributed by atoms with Crippen LogP contribution < -0.4 is 10.4 Å². The zero-order valence-corrected chi connectivity index (χ0v) is 27.6. The van der Waals surface area contributed by atoms with Gasteiger partial charge in [0, 0.05) is 0 Å². The third-order valence-corrected chi connectivity index (χ3v) is 11.2. The van der Waals surface area contributed by atoms with Gasteiger partial charge >= 0.3 is 0 Å². The summed E-state index contributed by atoms with van der Waals surface area (Å²) in [7, 11) is 0. The molecule has 0 fully saturated rings. The molecule has 0 bridgehead atoms. The van der Waals surface area contributed by atoms with Crippen LogP contribution in [0, 0.1) is 0 Å². The lowest BCUT2D eigenvalue weighted by Gasteiger charge is -2.22. The summed E-state index contributed by atoms with van der Waals surface area (Å²) < 4.78 is 0. The van der Waals surface area contributed by atoms with E-state index in [1.54, 1.807) is 0 Å². The van der Waals surface area contributed by atoms with E-state index in [1.807, 2.05) is 0 Å². The van der Waals surface area contributed by atoms with E-state index in [9.17, 15) is 0 Å². The van der Waals surface area contributed by atoms with Gasteiger partial charge in [-0.05, 0) is 134 Å². The van der Waals surface area contributed by atoms with Gasteiger partial charge in [-0.15, -0.1) is 0 Å². The van der Waals surface area contributed by atoms with Gasteiger partial charge in [-0.3, -0.25) is 0 Å². The highest BCUT2D eigenvalue weighted by atomic mass is 14.3. The van der Waals surface area contributed by atoms with Crippen LogP contribution in [0.4, 0.5) is 0 Å². The number of allylic oxidation sites excluding steroid dienone is 5. The van der Waals surface area contributed by atoms with Crippen LogP contribution in [-0.2, 0) is 6.42 Å². The molecule has 0 unspecified atom stereocenters. The minimum absolute atomic E-state index is 0.885. The lowest BCUT2D eigenvalue weighted by Crippen LogP contribution is -2.30. The first-order valence-electron chi connectivity index (χ1n) is 17.7. The molecule has 0 spiro atoms. The van der Waals surface area contributed by atoms with Crippen molar-refractivity contribution < 1.29 is 0 Å². The number of benzene rings is 8. The molecule has 11 rings (SSSR count). The smallest absolute Gasteiger partial charge is 0.000764 e. The number of rotatable bonds is 2. The van der Waals surface area contributed by atoms with Crippen molar-refractivity contribution in [2.75, 3.05) is 0 Å². The third kappa shape index (κ3) is 3.82. The monoisotopic (exact) mass is 632 g/mol. The second-order valence-electron chi connectivity index (χ2n) is 13.8. The molecule has 0 saturated carbocycles. The first kappa shape index (κ1) is 27.7. The van der Waals surface area contributed by atoms with Crippen LogP contribution in [0.15, 0.2) is 158 Å². The molecular weight excluding hydrogens is 601 g/mol. The second kappa shape index (κ2) is 10.6. The van der Waals surface area contributed by atoms with E-state index in [4.69, 9.17) is 0 Å². The Hall–Kier alpha value is -6.24. The topological polar surface area (TPSA) is 0 Å². The van der Waals surface area contributed by atoms with E-state index >= 15 is 0 Å². The third-order valence-electron chi connectivity index (χ3n) is 11.2. The van der Waals surface area contributed by atoms with Gasteiger partial charge in [-0.1, -0.05) is 158 Å². The Labute approximate surface area is 291 Å². The molecule has 3 aliphatic rings. The standard InChI is InChI=1S/C50H32/c1-3-15-31(16-4-1)46-38-21-5-2-6-22-40(38)48(50-37-24-12-10-20-35(37)34-19-9-11-23-36(34)49(46)50)42-27-28-43-45-30-33-18-8-7-17-32(33)29-44(45)41-26-14-13-25-39(42)47(41)43/h1-5,7-24,26-30H,6,25H2. The Bertz CT molecular complexity index is 3000. The summed E-state index contributed by atoms with van der Waals surface area (Å²) in [6.45, 7) is 0. The first-order chi connectivity index (χ1) is 24.8. The van der Waals surface area contributed by atoms with Crippen molar-refractivity contribution >= 4 is 60.8 Å². The first-order valence-corrected chi connectivity index (χ1v) is 17.7. The van der Waals surface area contributed by atoms with E-state index in [2.05, 4.69) is 170 Å². The van der Waals surface area contributed by atoms with Crippen molar-refractivity contribution in [2.45, 2.75) is 12.8 Å². The van der Waals surface area contributed by atoms with Gasteiger partial charge in [0.1, 0.15) is 0 Å². The maximum Gasteiger partial charge on any atom is -0.000764 e. The van der Waals surface area contributed by atoms with E-state index < -0.39 is 0 Å². The van der Waals surface area contributed by atoms with Gasteiger partial charge in [0.15, 0.2) is 0 Å². The van der Waals surface area contributed by atoms with Gasteiger partial charge in [-0.2, -0.15) is 0 Å². The average Bonchev–Trinajstić information content (AvgIpc) is 3.36. The molecule has 0 amide bonds. The minimum atomic E-state index is 0.885. The van der Waals surface area contributed by atoms with E-state index in [0.717, 1.165) is 12.8 Å². The van der Waals surface area contributed by atoms with Crippen molar-refractivity contribution in [3.05, 3.63) is 185 Å². The largest absolute Gasteiger partial charge is 0.0807 e. The van der Waals surface area contributed by atoms with E-state index in [0.29, 0.717) is 0 Å². The maximum absolute atomic E-state index is 2.48. The van der Waals surface area contributed by atoms with Gasteiger partial charge in [0.2, 0.25) is 0 Å². The van der Waals surface area contributed by atoms with Gasteiger partial charge in [0.05, 0.1) is 0 Å². The number of hydrogen-bond acceptors (Lipinski definition) is 0. The molecule has 232 valence electrons. The highest BCUT2D eigenvalue weighted by Gasteiger charge is 2.30.